The summed E-state index contributed by atoms with van der Waals surface area (Å²) in [5.41, 5.74) is 2.07. The number of aryl methyl sites for hydroxylation is 1. The highest BCUT2D eigenvalue weighted by Crippen LogP contribution is 2.33. The first-order valence-electron chi connectivity index (χ1n) is 9.89. The lowest BCUT2D eigenvalue weighted by molar-refractivity contribution is -0.122. The Morgan fingerprint density at radius 2 is 1.78 bits per heavy atom. The first-order chi connectivity index (χ1) is 15.3. The molecule has 1 atom stereocenters. The van der Waals surface area contributed by atoms with E-state index in [2.05, 4.69) is 21.2 Å². The normalized spacial score (nSPS) is 11.9. The van der Waals surface area contributed by atoms with Gasteiger partial charge in [0.2, 0.25) is 11.2 Å². The number of hydrogen-bond donors (Lipinski definition) is 1. The maximum Gasteiger partial charge on any atom is 0.265 e. The molecule has 0 bridgehead atoms. The highest BCUT2D eigenvalue weighted by Gasteiger charge is 2.23. The molecule has 1 amide bonds. The lowest BCUT2D eigenvalue weighted by atomic mass is 10.1. The Bertz CT molecular complexity index is 1350. The topological polar surface area (TPSA) is 68.5 Å². The van der Waals surface area contributed by atoms with Crippen LogP contribution < -0.4 is 15.5 Å². The average Bonchev–Trinajstić information content (AvgIpc) is 2.79. The standard InChI is InChI=1S/C25H19BrClNO4/c1-14-12-21-19(13-20(14)27)22(29)24(23(32-21)16-6-4-3-5-7-16)31-15(2)25(30)28-18-10-8-17(26)9-11-18/h3-13,15H,1-2H3,(H,28,30). The number of carbonyl (C=O) groups is 1. The van der Waals surface area contributed by atoms with Crippen LogP contribution in [0.4, 0.5) is 5.69 Å². The van der Waals surface area contributed by atoms with Gasteiger partial charge in [-0.2, -0.15) is 0 Å². The smallest absolute Gasteiger partial charge is 0.265 e. The van der Waals surface area contributed by atoms with Gasteiger partial charge in [0.05, 0.1) is 5.39 Å². The molecule has 3 aromatic carbocycles. The minimum absolute atomic E-state index is 0.0397. The lowest BCUT2D eigenvalue weighted by Gasteiger charge is -2.17. The highest BCUT2D eigenvalue weighted by atomic mass is 79.9. The molecule has 0 saturated carbocycles. The van der Waals surface area contributed by atoms with Crippen molar-refractivity contribution >= 4 is 50.1 Å². The Morgan fingerprint density at radius 3 is 2.47 bits per heavy atom. The van der Waals surface area contributed by atoms with Gasteiger partial charge in [-0.05, 0) is 55.8 Å². The number of anilines is 1. The molecule has 7 heteroatoms. The average molecular weight is 513 g/mol. The number of nitrogens with one attached hydrogen (secondary N) is 1. The molecule has 1 heterocycles. The Hall–Kier alpha value is -3.09. The first-order valence-corrected chi connectivity index (χ1v) is 11.1. The molecule has 1 N–H and O–H groups in total. The van der Waals surface area contributed by atoms with Crippen LogP contribution in [-0.2, 0) is 4.79 Å². The molecule has 32 heavy (non-hydrogen) atoms. The number of hydrogen-bond acceptors (Lipinski definition) is 4. The molecule has 0 spiro atoms. The third-order valence-corrected chi connectivity index (χ3v) is 5.88. The van der Waals surface area contributed by atoms with Gasteiger partial charge in [-0.25, -0.2) is 0 Å². The monoisotopic (exact) mass is 511 g/mol. The van der Waals surface area contributed by atoms with Gasteiger partial charge in [0, 0.05) is 20.7 Å². The van der Waals surface area contributed by atoms with Crippen LogP contribution in [-0.4, -0.2) is 12.0 Å². The van der Waals surface area contributed by atoms with Crippen molar-refractivity contribution in [1.82, 2.24) is 0 Å². The van der Waals surface area contributed by atoms with Crippen molar-refractivity contribution in [2.45, 2.75) is 20.0 Å². The molecule has 1 unspecified atom stereocenters. The maximum absolute atomic E-state index is 13.4. The molecule has 0 aliphatic carbocycles. The van der Waals surface area contributed by atoms with Gasteiger partial charge in [-0.3, -0.25) is 9.59 Å². The fraction of sp³-hybridized carbons (Fsp3) is 0.120. The Kier molecular flexibility index (Phi) is 6.35. The van der Waals surface area contributed by atoms with Gasteiger partial charge in [0.1, 0.15) is 5.58 Å². The quantitative estimate of drug-likeness (QED) is 0.327. The molecular formula is C25H19BrClNO4. The largest absolute Gasteiger partial charge is 0.473 e. The van der Waals surface area contributed by atoms with E-state index < -0.39 is 17.4 Å². The zero-order valence-corrected chi connectivity index (χ0v) is 19.7. The van der Waals surface area contributed by atoms with E-state index >= 15 is 0 Å². The summed E-state index contributed by atoms with van der Waals surface area (Å²) >= 11 is 9.60. The minimum Gasteiger partial charge on any atom is -0.473 e. The third kappa shape index (κ3) is 4.56. The maximum atomic E-state index is 13.4. The fourth-order valence-electron chi connectivity index (χ4n) is 3.19. The van der Waals surface area contributed by atoms with E-state index in [1.807, 2.05) is 49.4 Å². The van der Waals surface area contributed by atoms with Gasteiger partial charge in [0.25, 0.3) is 5.91 Å². The predicted octanol–water partition coefficient (Wildman–Crippen LogP) is 6.59. The van der Waals surface area contributed by atoms with E-state index in [9.17, 15) is 9.59 Å². The van der Waals surface area contributed by atoms with E-state index in [1.54, 1.807) is 31.2 Å². The van der Waals surface area contributed by atoms with E-state index in [0.717, 1.165) is 10.0 Å². The predicted molar refractivity (Wildman–Crippen MR) is 131 cm³/mol. The number of carbonyl (C=O) groups excluding carboxylic acids is 1. The van der Waals surface area contributed by atoms with Crippen molar-refractivity contribution in [3.05, 3.63) is 92.0 Å². The summed E-state index contributed by atoms with van der Waals surface area (Å²) in [6, 6.07) is 19.6. The summed E-state index contributed by atoms with van der Waals surface area (Å²) in [6.07, 6.45) is -0.956. The van der Waals surface area contributed by atoms with Crippen molar-refractivity contribution in [1.29, 1.82) is 0 Å². The Balaban J connectivity index is 1.75. The summed E-state index contributed by atoms with van der Waals surface area (Å²) in [4.78, 5) is 26.1. The van der Waals surface area contributed by atoms with Crippen LogP contribution in [0.3, 0.4) is 0 Å². The third-order valence-electron chi connectivity index (χ3n) is 4.94. The lowest BCUT2D eigenvalue weighted by Crippen LogP contribution is -2.31. The summed E-state index contributed by atoms with van der Waals surface area (Å²) < 4.78 is 12.9. The molecule has 0 saturated heterocycles. The summed E-state index contributed by atoms with van der Waals surface area (Å²) in [5.74, 6) is -0.178. The van der Waals surface area contributed by atoms with Crippen molar-refractivity contribution in [3.63, 3.8) is 0 Å². The van der Waals surface area contributed by atoms with E-state index in [-0.39, 0.29) is 16.9 Å². The summed E-state index contributed by atoms with van der Waals surface area (Å²) in [6.45, 7) is 3.41. The van der Waals surface area contributed by atoms with Crippen molar-refractivity contribution in [2.75, 3.05) is 5.32 Å². The van der Waals surface area contributed by atoms with Crippen LogP contribution in [0.25, 0.3) is 22.3 Å². The summed E-state index contributed by atoms with van der Waals surface area (Å²) in [7, 11) is 0. The highest BCUT2D eigenvalue weighted by molar-refractivity contribution is 9.10. The van der Waals surface area contributed by atoms with Crippen LogP contribution in [0.1, 0.15) is 12.5 Å². The first kappa shape index (κ1) is 22.1. The van der Waals surface area contributed by atoms with Gasteiger partial charge >= 0.3 is 0 Å². The number of benzene rings is 3. The van der Waals surface area contributed by atoms with E-state index in [4.69, 9.17) is 20.8 Å². The molecule has 4 aromatic rings. The molecule has 0 aliphatic rings. The van der Waals surface area contributed by atoms with Crippen molar-refractivity contribution in [2.24, 2.45) is 0 Å². The molecule has 1 aromatic heterocycles. The SMILES string of the molecule is Cc1cc2oc(-c3ccccc3)c(OC(C)C(=O)Nc3ccc(Br)cc3)c(=O)c2cc1Cl. The number of amides is 1. The van der Waals surface area contributed by atoms with Crippen LogP contribution in [0.15, 0.2) is 80.4 Å². The fourth-order valence-corrected chi connectivity index (χ4v) is 3.62. The minimum atomic E-state index is -0.956. The van der Waals surface area contributed by atoms with E-state index in [1.165, 1.54) is 0 Å². The van der Waals surface area contributed by atoms with Crippen LogP contribution >= 0.6 is 27.5 Å². The second kappa shape index (κ2) is 9.18. The van der Waals surface area contributed by atoms with Crippen molar-refractivity contribution < 1.29 is 13.9 Å². The molecule has 0 radical (unpaired) electrons. The number of rotatable bonds is 5. The molecule has 0 fully saturated rings. The van der Waals surface area contributed by atoms with Crippen LogP contribution in [0.2, 0.25) is 5.02 Å². The molecule has 4 rings (SSSR count). The summed E-state index contributed by atoms with van der Waals surface area (Å²) in [5, 5.41) is 3.52. The molecule has 5 nitrogen and oxygen atoms in total. The van der Waals surface area contributed by atoms with Crippen LogP contribution in [0.5, 0.6) is 5.75 Å². The van der Waals surface area contributed by atoms with Gasteiger partial charge < -0.3 is 14.5 Å². The van der Waals surface area contributed by atoms with Crippen LogP contribution in [0, 0.1) is 6.92 Å². The van der Waals surface area contributed by atoms with Gasteiger partial charge in [0.15, 0.2) is 11.9 Å². The second-order valence-corrected chi connectivity index (χ2v) is 8.63. The Morgan fingerprint density at radius 1 is 1.09 bits per heavy atom. The number of halogens is 2. The number of fused-ring (bicyclic) bond motifs is 1. The second-order valence-electron chi connectivity index (χ2n) is 7.31. The number of ether oxygens (including phenoxy) is 1. The zero-order chi connectivity index (χ0) is 22.8. The Labute approximate surface area is 198 Å². The molecule has 162 valence electrons. The van der Waals surface area contributed by atoms with Gasteiger partial charge in [-0.1, -0.05) is 57.9 Å². The van der Waals surface area contributed by atoms with Gasteiger partial charge in [-0.15, -0.1) is 0 Å². The van der Waals surface area contributed by atoms with E-state index in [0.29, 0.717) is 21.9 Å². The zero-order valence-electron chi connectivity index (χ0n) is 17.3. The molecular weight excluding hydrogens is 494 g/mol. The molecule has 0 aliphatic heterocycles. The van der Waals surface area contributed by atoms with Crippen molar-refractivity contribution in [3.8, 4) is 17.1 Å².